The van der Waals surface area contributed by atoms with Gasteiger partial charge in [0.2, 0.25) is 5.91 Å². The van der Waals surface area contributed by atoms with Gasteiger partial charge in [-0.05, 0) is 54.4 Å². The third kappa shape index (κ3) is 7.14. The van der Waals surface area contributed by atoms with E-state index in [0.29, 0.717) is 38.9 Å². The molecule has 14 heteroatoms. The highest BCUT2D eigenvalue weighted by atomic mass is 35.5. The molecule has 0 radical (unpaired) electrons. The first-order valence-corrected chi connectivity index (χ1v) is 16.1. The van der Waals surface area contributed by atoms with Crippen molar-refractivity contribution < 1.29 is 9.53 Å². The molecule has 0 aliphatic heterocycles. The van der Waals surface area contributed by atoms with Crippen molar-refractivity contribution in [1.82, 2.24) is 24.3 Å². The summed E-state index contributed by atoms with van der Waals surface area (Å²) in [4.78, 5) is 43.5. The normalized spacial score (nSPS) is 11.0. The molecule has 1 amide bonds. The van der Waals surface area contributed by atoms with Gasteiger partial charge in [-0.25, -0.2) is 4.79 Å². The van der Waals surface area contributed by atoms with Gasteiger partial charge in [-0.15, -0.1) is 10.2 Å². The molecule has 5 aromatic rings. The molecule has 3 N–H and O–H groups in total. The number of methoxy groups -OCH3 is 1. The van der Waals surface area contributed by atoms with Gasteiger partial charge < -0.3 is 15.4 Å². The van der Waals surface area contributed by atoms with E-state index < -0.39 is 17.2 Å². The summed E-state index contributed by atoms with van der Waals surface area (Å²) in [5.74, 6) is 0.597. The predicted molar refractivity (Wildman–Crippen MR) is 183 cm³/mol. The van der Waals surface area contributed by atoms with Crippen LogP contribution in [0.5, 0.6) is 5.75 Å². The Bertz CT molecular complexity index is 1960. The van der Waals surface area contributed by atoms with Crippen LogP contribution in [-0.2, 0) is 11.3 Å². The summed E-state index contributed by atoms with van der Waals surface area (Å²) in [6.45, 7) is 2.33. The highest BCUT2D eigenvalue weighted by Crippen LogP contribution is 2.32. The number of aromatic amines is 1. The number of nitrogen functional groups attached to an aromatic ring is 1. The van der Waals surface area contributed by atoms with Gasteiger partial charge in [0, 0.05) is 12.1 Å². The van der Waals surface area contributed by atoms with E-state index in [-0.39, 0.29) is 30.3 Å². The highest BCUT2D eigenvalue weighted by molar-refractivity contribution is 7.99. The Hall–Kier alpha value is -4.52. The minimum Gasteiger partial charge on any atom is -0.497 e. The number of carbonyl (C=O) groups is 1. The van der Waals surface area contributed by atoms with Crippen LogP contribution in [0.15, 0.2) is 87.5 Å². The Labute approximate surface area is 278 Å². The molecule has 46 heavy (non-hydrogen) atoms. The van der Waals surface area contributed by atoms with Crippen LogP contribution in [0, 0.1) is 0 Å². The maximum atomic E-state index is 13.9. The van der Waals surface area contributed by atoms with Gasteiger partial charge in [-0.2, -0.15) is 0 Å². The molecule has 238 valence electrons. The standard InChI is InChI=1S/C32H31Cl2N7O4S/c1-3-4-16-39(27-28(35)40(31(44)36-30(27)43)18-20-8-6-5-7-9-20)26(42)19-46-32-38-37-29(21-10-13-23(45-2)14-11-21)41(32)22-12-15-24(33)25(34)17-22/h5-15,17H,3-4,16,18-19,35H2,1-2H3,(H,36,43,44). The Morgan fingerprint density at radius 3 is 2.43 bits per heavy atom. The van der Waals surface area contributed by atoms with Crippen LogP contribution in [0.2, 0.25) is 10.0 Å². The van der Waals surface area contributed by atoms with Crippen LogP contribution in [0.1, 0.15) is 25.3 Å². The van der Waals surface area contributed by atoms with E-state index >= 15 is 0 Å². The van der Waals surface area contributed by atoms with Crippen LogP contribution in [0.4, 0.5) is 11.5 Å². The van der Waals surface area contributed by atoms with Crippen molar-refractivity contribution >= 4 is 52.4 Å². The van der Waals surface area contributed by atoms with Crippen LogP contribution in [0.3, 0.4) is 0 Å². The van der Waals surface area contributed by atoms with Crippen LogP contribution in [-0.4, -0.2) is 49.6 Å². The maximum Gasteiger partial charge on any atom is 0.330 e. The predicted octanol–water partition coefficient (Wildman–Crippen LogP) is 5.66. The molecule has 0 spiro atoms. The van der Waals surface area contributed by atoms with E-state index in [1.165, 1.54) is 9.47 Å². The number of thioether (sulfide) groups is 1. The molecule has 0 aliphatic carbocycles. The number of amides is 1. The molecule has 0 atom stereocenters. The SMILES string of the molecule is CCCCN(C(=O)CSc1nnc(-c2ccc(OC)cc2)n1-c1ccc(Cl)c(Cl)c1)c1c(N)n(Cc2ccccc2)c(=O)[nH]c1=O. The number of hydrogen-bond acceptors (Lipinski definition) is 8. The summed E-state index contributed by atoms with van der Waals surface area (Å²) in [5, 5.41) is 9.96. The molecule has 0 aliphatic rings. The number of unbranched alkanes of at least 4 members (excludes halogenated alkanes) is 1. The summed E-state index contributed by atoms with van der Waals surface area (Å²) >= 11 is 13.7. The monoisotopic (exact) mass is 679 g/mol. The number of rotatable bonds is 12. The number of benzene rings is 3. The van der Waals surface area contributed by atoms with Crippen molar-refractivity contribution in [3.8, 4) is 22.8 Å². The van der Waals surface area contributed by atoms with Gasteiger partial charge in [-0.1, -0.05) is 78.6 Å². The molecule has 0 bridgehead atoms. The quantitative estimate of drug-likeness (QED) is 0.161. The second-order valence-corrected chi connectivity index (χ2v) is 12.0. The summed E-state index contributed by atoms with van der Waals surface area (Å²) in [6.07, 6.45) is 1.36. The molecular weight excluding hydrogens is 649 g/mol. The average Bonchev–Trinajstić information content (AvgIpc) is 3.49. The molecule has 0 saturated heterocycles. The first kappa shape index (κ1) is 32.9. The van der Waals surface area contributed by atoms with E-state index in [0.717, 1.165) is 29.3 Å². The second-order valence-electron chi connectivity index (χ2n) is 10.2. The third-order valence-corrected chi connectivity index (χ3v) is 8.82. The number of anilines is 2. The lowest BCUT2D eigenvalue weighted by Crippen LogP contribution is -2.42. The van der Waals surface area contributed by atoms with E-state index in [9.17, 15) is 14.4 Å². The van der Waals surface area contributed by atoms with E-state index in [1.54, 1.807) is 29.9 Å². The highest BCUT2D eigenvalue weighted by Gasteiger charge is 2.26. The second kappa shape index (κ2) is 14.7. The summed E-state index contributed by atoms with van der Waals surface area (Å²) in [5.41, 5.74) is 7.18. The average molecular weight is 681 g/mol. The maximum absolute atomic E-state index is 13.9. The Morgan fingerprint density at radius 1 is 1.02 bits per heavy atom. The number of carbonyl (C=O) groups excluding carboxylic acids is 1. The van der Waals surface area contributed by atoms with Crippen LogP contribution in [0.25, 0.3) is 17.1 Å². The lowest BCUT2D eigenvalue weighted by Gasteiger charge is -2.24. The molecule has 3 aromatic carbocycles. The number of halogens is 2. The van der Waals surface area contributed by atoms with Crippen molar-refractivity contribution in [2.45, 2.75) is 31.5 Å². The molecule has 0 saturated carbocycles. The van der Waals surface area contributed by atoms with Crippen molar-refractivity contribution in [1.29, 1.82) is 0 Å². The molecule has 0 fully saturated rings. The molecule has 2 aromatic heterocycles. The van der Waals surface area contributed by atoms with E-state index in [2.05, 4.69) is 15.2 Å². The van der Waals surface area contributed by atoms with E-state index in [4.69, 9.17) is 33.7 Å². The zero-order valence-corrected chi connectivity index (χ0v) is 27.4. The topological polar surface area (TPSA) is 141 Å². The van der Waals surface area contributed by atoms with Gasteiger partial charge in [-0.3, -0.25) is 23.7 Å². The van der Waals surface area contributed by atoms with Gasteiger partial charge in [0.25, 0.3) is 5.56 Å². The number of hydrogen-bond donors (Lipinski definition) is 2. The van der Waals surface area contributed by atoms with Crippen molar-refractivity contribution in [2.75, 3.05) is 30.0 Å². The molecule has 11 nitrogen and oxygen atoms in total. The molecule has 2 heterocycles. The fraction of sp³-hybridized carbons (Fsp3) is 0.219. The first-order valence-electron chi connectivity index (χ1n) is 14.4. The van der Waals surface area contributed by atoms with Crippen molar-refractivity contribution in [3.05, 3.63) is 109 Å². The smallest absolute Gasteiger partial charge is 0.330 e. The van der Waals surface area contributed by atoms with Gasteiger partial charge >= 0.3 is 5.69 Å². The zero-order valence-electron chi connectivity index (χ0n) is 25.1. The zero-order chi connectivity index (χ0) is 32.8. The number of H-pyrrole nitrogens is 1. The number of nitrogens with one attached hydrogen (secondary N) is 1. The van der Waals surface area contributed by atoms with Crippen molar-refractivity contribution in [3.63, 3.8) is 0 Å². The number of aromatic nitrogens is 5. The molecular formula is C32H31Cl2N7O4S. The largest absolute Gasteiger partial charge is 0.497 e. The first-order chi connectivity index (χ1) is 22.2. The van der Waals surface area contributed by atoms with Crippen molar-refractivity contribution in [2.24, 2.45) is 0 Å². The van der Waals surface area contributed by atoms with Gasteiger partial charge in [0.05, 0.1) is 35.1 Å². The molecule has 0 unspecified atom stereocenters. The lowest BCUT2D eigenvalue weighted by molar-refractivity contribution is -0.116. The number of nitrogens with zero attached hydrogens (tertiary/aromatic N) is 5. The summed E-state index contributed by atoms with van der Waals surface area (Å²) in [6, 6.07) is 21.7. The van der Waals surface area contributed by atoms with Crippen LogP contribution >= 0.6 is 35.0 Å². The summed E-state index contributed by atoms with van der Waals surface area (Å²) in [7, 11) is 1.59. The molecule has 5 rings (SSSR count). The van der Waals surface area contributed by atoms with Gasteiger partial charge in [0.15, 0.2) is 16.7 Å². The Balaban J connectivity index is 1.49. The fourth-order valence-corrected chi connectivity index (χ4v) is 5.91. The Kier molecular flexibility index (Phi) is 10.5. The number of ether oxygens (including phenoxy) is 1. The third-order valence-electron chi connectivity index (χ3n) is 7.17. The minimum atomic E-state index is -0.734. The summed E-state index contributed by atoms with van der Waals surface area (Å²) < 4.78 is 8.33. The Morgan fingerprint density at radius 2 is 1.76 bits per heavy atom. The van der Waals surface area contributed by atoms with E-state index in [1.807, 2.05) is 61.5 Å². The van der Waals surface area contributed by atoms with Gasteiger partial charge in [0.1, 0.15) is 11.6 Å². The number of nitrogens with two attached hydrogens (primary N) is 1. The lowest BCUT2D eigenvalue weighted by atomic mass is 10.2. The fourth-order valence-electron chi connectivity index (χ4n) is 4.79. The minimum absolute atomic E-state index is 0.0700. The van der Waals surface area contributed by atoms with Crippen LogP contribution < -0.4 is 26.6 Å².